The summed E-state index contributed by atoms with van der Waals surface area (Å²) in [4.78, 5) is 10.6. The summed E-state index contributed by atoms with van der Waals surface area (Å²) >= 11 is 0. The summed E-state index contributed by atoms with van der Waals surface area (Å²) in [5.74, 6) is 0.566. The molecule has 0 saturated carbocycles. The molecule has 0 aliphatic carbocycles. The molecular weight excluding hydrogens is 246 g/mol. The van der Waals surface area contributed by atoms with Crippen molar-refractivity contribution >= 4 is 5.97 Å². The highest BCUT2D eigenvalue weighted by Crippen LogP contribution is 2.33. The van der Waals surface area contributed by atoms with Crippen molar-refractivity contribution in [1.82, 2.24) is 5.16 Å². The van der Waals surface area contributed by atoms with Gasteiger partial charge in [-0.2, -0.15) is 0 Å². The first kappa shape index (κ1) is 11.8. The molecule has 0 bridgehead atoms. The van der Waals surface area contributed by atoms with Crippen LogP contribution in [0, 0.1) is 0 Å². The molecule has 1 aliphatic rings. The van der Waals surface area contributed by atoms with Crippen LogP contribution in [0.1, 0.15) is 18.2 Å². The second-order valence-corrected chi connectivity index (χ2v) is 4.71. The summed E-state index contributed by atoms with van der Waals surface area (Å²) in [6.45, 7) is 2.03. The zero-order valence-electron chi connectivity index (χ0n) is 10.4. The number of ether oxygens (including phenoxy) is 1. The average molecular weight is 259 g/mol. The van der Waals surface area contributed by atoms with Crippen LogP contribution in [0.3, 0.4) is 0 Å². The van der Waals surface area contributed by atoms with Gasteiger partial charge < -0.3 is 14.4 Å². The Morgan fingerprint density at radius 2 is 2.32 bits per heavy atom. The van der Waals surface area contributed by atoms with Gasteiger partial charge in [0.25, 0.3) is 0 Å². The van der Waals surface area contributed by atoms with E-state index < -0.39 is 5.97 Å². The second-order valence-electron chi connectivity index (χ2n) is 4.71. The maximum Gasteiger partial charge on any atom is 0.309 e. The van der Waals surface area contributed by atoms with Crippen LogP contribution >= 0.6 is 0 Å². The highest BCUT2D eigenvalue weighted by molar-refractivity contribution is 5.70. The van der Waals surface area contributed by atoms with Gasteiger partial charge in [0, 0.05) is 18.1 Å². The van der Waals surface area contributed by atoms with Crippen LogP contribution in [-0.4, -0.2) is 22.3 Å². The number of carboxylic acids is 1. The Hall–Kier alpha value is -2.30. The maximum absolute atomic E-state index is 10.6. The van der Waals surface area contributed by atoms with Crippen molar-refractivity contribution in [3.05, 3.63) is 35.5 Å². The van der Waals surface area contributed by atoms with Crippen LogP contribution in [0.25, 0.3) is 11.3 Å². The number of carbonyl (C=O) groups is 1. The minimum absolute atomic E-state index is 0.130. The summed E-state index contributed by atoms with van der Waals surface area (Å²) in [6, 6.07) is 7.47. The number of aromatic nitrogens is 1. The molecule has 1 atom stereocenters. The SMILES string of the molecule is C[C@@H]1Cc2cc(-c3cc(CC(=O)O)no3)ccc2O1. The molecule has 1 aromatic heterocycles. The monoisotopic (exact) mass is 259 g/mol. The Morgan fingerprint density at radius 1 is 1.47 bits per heavy atom. The number of benzene rings is 1. The molecule has 0 unspecified atom stereocenters. The molecule has 3 rings (SSSR count). The smallest absolute Gasteiger partial charge is 0.309 e. The van der Waals surface area contributed by atoms with Crippen LogP contribution in [-0.2, 0) is 17.6 Å². The van der Waals surface area contributed by atoms with Crippen molar-refractivity contribution in [3.63, 3.8) is 0 Å². The van der Waals surface area contributed by atoms with Gasteiger partial charge in [0.2, 0.25) is 0 Å². The number of hydrogen-bond acceptors (Lipinski definition) is 4. The Morgan fingerprint density at radius 3 is 3.11 bits per heavy atom. The fourth-order valence-corrected chi connectivity index (χ4v) is 2.26. The van der Waals surface area contributed by atoms with Crippen molar-refractivity contribution in [2.45, 2.75) is 25.9 Å². The molecule has 0 saturated heterocycles. The standard InChI is InChI=1S/C14H13NO4/c1-8-4-10-5-9(2-3-12(10)18-8)13-6-11(15-19-13)7-14(16)17/h2-3,5-6,8H,4,7H2,1H3,(H,16,17)/t8-/m1/s1. The lowest BCUT2D eigenvalue weighted by Gasteiger charge is -2.02. The molecule has 1 aliphatic heterocycles. The van der Waals surface area contributed by atoms with Crippen molar-refractivity contribution < 1.29 is 19.2 Å². The van der Waals surface area contributed by atoms with Gasteiger partial charge >= 0.3 is 5.97 Å². The van der Waals surface area contributed by atoms with Crippen molar-refractivity contribution in [1.29, 1.82) is 0 Å². The minimum Gasteiger partial charge on any atom is -0.490 e. The van der Waals surface area contributed by atoms with Crippen molar-refractivity contribution in [3.8, 4) is 17.1 Å². The summed E-state index contributed by atoms with van der Waals surface area (Å²) < 4.78 is 10.8. The van der Waals surface area contributed by atoms with Gasteiger partial charge in [0.05, 0.1) is 12.1 Å². The zero-order chi connectivity index (χ0) is 13.4. The van der Waals surface area contributed by atoms with E-state index >= 15 is 0 Å². The Labute approximate surface area is 109 Å². The fourth-order valence-electron chi connectivity index (χ4n) is 2.26. The quantitative estimate of drug-likeness (QED) is 0.915. The first-order valence-electron chi connectivity index (χ1n) is 6.09. The first-order valence-corrected chi connectivity index (χ1v) is 6.09. The molecule has 1 aromatic carbocycles. The third-order valence-electron chi connectivity index (χ3n) is 3.07. The molecule has 5 nitrogen and oxygen atoms in total. The van der Waals surface area contributed by atoms with Gasteiger partial charge in [-0.25, -0.2) is 0 Å². The number of fused-ring (bicyclic) bond motifs is 1. The number of nitrogens with zero attached hydrogens (tertiary/aromatic N) is 1. The van der Waals surface area contributed by atoms with Crippen LogP contribution in [0.4, 0.5) is 0 Å². The predicted octanol–water partition coefficient (Wildman–Crippen LogP) is 2.29. The molecule has 0 amide bonds. The van der Waals surface area contributed by atoms with Crippen LogP contribution in [0.15, 0.2) is 28.8 Å². The number of rotatable bonds is 3. The molecule has 0 spiro atoms. The van der Waals surface area contributed by atoms with E-state index in [0.717, 1.165) is 23.3 Å². The summed E-state index contributed by atoms with van der Waals surface area (Å²) in [5.41, 5.74) is 2.45. The van der Waals surface area contributed by atoms with E-state index in [1.165, 1.54) is 0 Å². The maximum atomic E-state index is 10.6. The van der Waals surface area contributed by atoms with E-state index in [-0.39, 0.29) is 12.5 Å². The molecule has 0 fully saturated rings. The Balaban J connectivity index is 1.88. The van der Waals surface area contributed by atoms with Crippen molar-refractivity contribution in [2.24, 2.45) is 0 Å². The van der Waals surface area contributed by atoms with E-state index in [2.05, 4.69) is 5.16 Å². The molecule has 19 heavy (non-hydrogen) atoms. The highest BCUT2D eigenvalue weighted by atomic mass is 16.5. The lowest BCUT2D eigenvalue weighted by molar-refractivity contribution is -0.136. The fraction of sp³-hybridized carbons (Fsp3) is 0.286. The molecule has 2 aromatic rings. The van der Waals surface area contributed by atoms with Crippen LogP contribution < -0.4 is 4.74 Å². The third-order valence-corrected chi connectivity index (χ3v) is 3.07. The van der Waals surface area contributed by atoms with E-state index in [1.807, 2.05) is 25.1 Å². The summed E-state index contributed by atoms with van der Waals surface area (Å²) in [7, 11) is 0. The molecule has 0 radical (unpaired) electrons. The van der Waals surface area contributed by atoms with Gasteiger partial charge in [-0.15, -0.1) is 0 Å². The molecule has 5 heteroatoms. The van der Waals surface area contributed by atoms with Gasteiger partial charge in [0.1, 0.15) is 11.9 Å². The van der Waals surface area contributed by atoms with Gasteiger partial charge in [-0.3, -0.25) is 4.79 Å². The van der Waals surface area contributed by atoms with E-state index in [0.29, 0.717) is 11.5 Å². The van der Waals surface area contributed by atoms with Crippen LogP contribution in [0.2, 0.25) is 0 Å². The topological polar surface area (TPSA) is 72.6 Å². The zero-order valence-corrected chi connectivity index (χ0v) is 10.4. The number of hydrogen-bond donors (Lipinski definition) is 1. The normalized spacial score (nSPS) is 17.0. The van der Waals surface area contributed by atoms with Crippen molar-refractivity contribution in [2.75, 3.05) is 0 Å². The lowest BCUT2D eigenvalue weighted by Crippen LogP contribution is -2.05. The summed E-state index contributed by atoms with van der Waals surface area (Å²) in [5, 5.41) is 12.5. The number of carboxylic acid groups (broad SMARTS) is 1. The summed E-state index contributed by atoms with van der Waals surface area (Å²) in [6.07, 6.45) is 0.941. The largest absolute Gasteiger partial charge is 0.490 e. The minimum atomic E-state index is -0.920. The van der Waals surface area contributed by atoms with Gasteiger partial charge in [-0.05, 0) is 30.7 Å². The molecule has 1 N–H and O–H groups in total. The van der Waals surface area contributed by atoms with E-state index in [1.54, 1.807) is 6.07 Å². The van der Waals surface area contributed by atoms with Crippen LogP contribution in [0.5, 0.6) is 5.75 Å². The van der Waals surface area contributed by atoms with Gasteiger partial charge in [-0.1, -0.05) is 5.16 Å². The molecule has 2 heterocycles. The predicted molar refractivity (Wildman–Crippen MR) is 67.1 cm³/mol. The molecular formula is C14H13NO4. The average Bonchev–Trinajstić information content (AvgIpc) is 2.92. The van der Waals surface area contributed by atoms with E-state index in [9.17, 15) is 4.79 Å². The third kappa shape index (κ3) is 2.31. The Kier molecular flexibility index (Phi) is 2.74. The molecule has 98 valence electrons. The Bertz CT molecular complexity index is 632. The van der Waals surface area contributed by atoms with E-state index in [4.69, 9.17) is 14.4 Å². The highest BCUT2D eigenvalue weighted by Gasteiger charge is 2.20. The van der Waals surface area contributed by atoms with Gasteiger partial charge in [0.15, 0.2) is 5.76 Å². The first-order chi connectivity index (χ1) is 9.11. The number of aliphatic carboxylic acids is 1. The lowest BCUT2D eigenvalue weighted by atomic mass is 10.1. The second kappa shape index (κ2) is 4.42.